The SMILES string of the molecule is O=C(O)C1=C(c2ccccc2)CC(c2ccc(OCCCC(F)(F)F)cc2)NC1=O. The number of rotatable bonds is 7. The number of ether oxygens (including phenoxy) is 1. The lowest BCUT2D eigenvalue weighted by Gasteiger charge is -2.27. The first kappa shape index (κ1) is 21.4. The lowest BCUT2D eigenvalue weighted by atomic mass is 9.87. The van der Waals surface area contributed by atoms with Gasteiger partial charge in [-0.05, 0) is 41.7 Å². The van der Waals surface area contributed by atoms with E-state index in [0.717, 1.165) is 5.56 Å². The molecule has 0 aromatic heterocycles. The van der Waals surface area contributed by atoms with Crippen molar-refractivity contribution in [1.29, 1.82) is 0 Å². The van der Waals surface area contributed by atoms with Gasteiger partial charge in [0.15, 0.2) is 0 Å². The van der Waals surface area contributed by atoms with Crippen molar-refractivity contribution in [3.8, 4) is 5.75 Å². The standard InChI is InChI=1S/C22H20F3NO4/c23-22(24,25)11-4-12-30-16-9-7-15(8-10-16)18-13-17(14-5-2-1-3-6-14)19(21(28)29)20(27)26-18/h1-3,5-10,18H,4,11-13H2,(H,26,27)(H,28,29). The Hall–Kier alpha value is -3.29. The summed E-state index contributed by atoms with van der Waals surface area (Å²) in [7, 11) is 0. The number of carbonyl (C=O) groups is 2. The average Bonchev–Trinajstić information content (AvgIpc) is 2.71. The van der Waals surface area contributed by atoms with E-state index >= 15 is 0 Å². The lowest BCUT2D eigenvalue weighted by Crippen LogP contribution is -2.37. The number of carbonyl (C=O) groups excluding carboxylic acids is 1. The van der Waals surface area contributed by atoms with Crippen LogP contribution in [0.4, 0.5) is 13.2 Å². The average molecular weight is 419 g/mol. The zero-order valence-electron chi connectivity index (χ0n) is 15.9. The molecule has 1 aliphatic rings. The van der Waals surface area contributed by atoms with E-state index in [9.17, 15) is 27.9 Å². The molecule has 5 nitrogen and oxygen atoms in total. The van der Waals surface area contributed by atoms with Crippen molar-refractivity contribution in [2.24, 2.45) is 0 Å². The molecule has 0 radical (unpaired) electrons. The molecule has 0 bridgehead atoms. The summed E-state index contributed by atoms with van der Waals surface area (Å²) in [5.74, 6) is -1.52. The minimum atomic E-state index is -4.20. The molecule has 30 heavy (non-hydrogen) atoms. The van der Waals surface area contributed by atoms with Crippen molar-refractivity contribution in [2.75, 3.05) is 6.61 Å². The van der Waals surface area contributed by atoms with E-state index in [0.29, 0.717) is 23.3 Å². The van der Waals surface area contributed by atoms with Crippen LogP contribution in [0.25, 0.3) is 5.57 Å². The van der Waals surface area contributed by atoms with Gasteiger partial charge in [0.2, 0.25) is 0 Å². The molecule has 2 N–H and O–H groups in total. The molecule has 0 aliphatic carbocycles. The van der Waals surface area contributed by atoms with Crippen molar-refractivity contribution in [3.05, 3.63) is 71.3 Å². The van der Waals surface area contributed by atoms with Gasteiger partial charge in [-0.3, -0.25) is 4.79 Å². The van der Waals surface area contributed by atoms with E-state index in [1.165, 1.54) is 0 Å². The molecule has 1 amide bonds. The van der Waals surface area contributed by atoms with Crippen LogP contribution in [0.15, 0.2) is 60.2 Å². The highest BCUT2D eigenvalue weighted by atomic mass is 19.4. The second kappa shape index (κ2) is 9.02. The topological polar surface area (TPSA) is 75.6 Å². The summed E-state index contributed by atoms with van der Waals surface area (Å²) >= 11 is 0. The van der Waals surface area contributed by atoms with Crippen LogP contribution in [0.5, 0.6) is 5.75 Å². The van der Waals surface area contributed by atoms with Crippen LogP contribution >= 0.6 is 0 Å². The van der Waals surface area contributed by atoms with Crippen molar-refractivity contribution in [2.45, 2.75) is 31.5 Å². The molecular weight excluding hydrogens is 399 g/mol. The first-order chi connectivity index (χ1) is 14.2. The highest BCUT2D eigenvalue weighted by Crippen LogP contribution is 2.34. The zero-order chi connectivity index (χ0) is 21.7. The lowest BCUT2D eigenvalue weighted by molar-refractivity contribution is -0.137. The van der Waals surface area contributed by atoms with Gasteiger partial charge in [0, 0.05) is 6.42 Å². The van der Waals surface area contributed by atoms with Gasteiger partial charge in [0.25, 0.3) is 5.91 Å². The Kier molecular flexibility index (Phi) is 6.44. The molecule has 8 heteroatoms. The number of carboxylic acids is 1. The molecule has 158 valence electrons. The van der Waals surface area contributed by atoms with Gasteiger partial charge in [-0.25, -0.2) is 4.79 Å². The quantitative estimate of drug-likeness (QED) is 0.512. The van der Waals surface area contributed by atoms with Gasteiger partial charge in [-0.15, -0.1) is 0 Å². The predicted molar refractivity (Wildman–Crippen MR) is 104 cm³/mol. The van der Waals surface area contributed by atoms with Gasteiger partial charge in [0.05, 0.1) is 12.6 Å². The summed E-state index contributed by atoms with van der Waals surface area (Å²) in [6.07, 6.45) is -4.94. The van der Waals surface area contributed by atoms with Gasteiger partial charge in [-0.2, -0.15) is 13.2 Å². The van der Waals surface area contributed by atoms with Crippen molar-refractivity contribution < 1.29 is 32.6 Å². The third-order valence-corrected chi connectivity index (χ3v) is 4.73. The number of aliphatic carboxylic acids is 1. The molecule has 1 heterocycles. The monoisotopic (exact) mass is 419 g/mol. The number of benzene rings is 2. The second-order valence-electron chi connectivity index (χ2n) is 6.89. The van der Waals surface area contributed by atoms with Crippen molar-refractivity contribution in [1.82, 2.24) is 5.32 Å². The number of halogens is 3. The smallest absolute Gasteiger partial charge is 0.389 e. The van der Waals surface area contributed by atoms with Crippen LogP contribution in [0.3, 0.4) is 0 Å². The molecule has 1 atom stereocenters. The van der Waals surface area contributed by atoms with E-state index in [1.807, 2.05) is 0 Å². The third-order valence-electron chi connectivity index (χ3n) is 4.73. The van der Waals surface area contributed by atoms with E-state index in [1.54, 1.807) is 54.6 Å². The number of hydrogen-bond donors (Lipinski definition) is 2. The number of nitrogens with one attached hydrogen (secondary N) is 1. The van der Waals surface area contributed by atoms with Crippen LogP contribution in [0, 0.1) is 0 Å². The van der Waals surface area contributed by atoms with E-state index < -0.39 is 30.5 Å². The highest BCUT2D eigenvalue weighted by Gasteiger charge is 2.32. The van der Waals surface area contributed by atoms with Gasteiger partial charge in [0.1, 0.15) is 11.3 Å². The number of amides is 1. The minimum absolute atomic E-state index is 0.0537. The molecule has 0 saturated heterocycles. The maximum atomic E-state index is 12.5. The van der Waals surface area contributed by atoms with E-state index in [-0.39, 0.29) is 18.6 Å². The Balaban J connectivity index is 1.72. The molecule has 0 spiro atoms. The van der Waals surface area contributed by atoms with Crippen LogP contribution in [0.1, 0.15) is 36.4 Å². The first-order valence-corrected chi connectivity index (χ1v) is 9.37. The van der Waals surface area contributed by atoms with Crippen LogP contribution in [-0.4, -0.2) is 29.8 Å². The molecular formula is C22H20F3NO4. The third kappa shape index (κ3) is 5.40. The molecule has 1 unspecified atom stereocenters. The van der Waals surface area contributed by atoms with Crippen molar-refractivity contribution in [3.63, 3.8) is 0 Å². The molecule has 2 aromatic carbocycles. The molecule has 0 fully saturated rings. The van der Waals surface area contributed by atoms with Crippen LogP contribution in [-0.2, 0) is 9.59 Å². The summed E-state index contributed by atoms with van der Waals surface area (Å²) in [5.41, 5.74) is 1.58. The fourth-order valence-electron chi connectivity index (χ4n) is 3.31. The summed E-state index contributed by atoms with van der Waals surface area (Å²) in [6, 6.07) is 15.1. The van der Waals surface area contributed by atoms with Gasteiger partial charge in [-0.1, -0.05) is 42.5 Å². The zero-order valence-corrected chi connectivity index (χ0v) is 15.9. The fraction of sp³-hybridized carbons (Fsp3) is 0.273. The van der Waals surface area contributed by atoms with Gasteiger partial charge >= 0.3 is 12.1 Å². The van der Waals surface area contributed by atoms with Crippen molar-refractivity contribution >= 4 is 17.4 Å². The number of hydrogen-bond acceptors (Lipinski definition) is 3. The summed E-state index contributed by atoms with van der Waals surface area (Å²) in [4.78, 5) is 24.1. The molecule has 1 aliphatic heterocycles. The molecule has 2 aromatic rings. The Morgan fingerprint density at radius 3 is 2.37 bits per heavy atom. The maximum Gasteiger partial charge on any atom is 0.389 e. The van der Waals surface area contributed by atoms with Gasteiger partial charge < -0.3 is 15.2 Å². The maximum absolute atomic E-state index is 12.5. The Labute approximate surface area is 171 Å². The summed E-state index contributed by atoms with van der Waals surface area (Å²) < 4.78 is 41.8. The normalized spacial score (nSPS) is 16.9. The number of carboxylic acid groups (broad SMARTS) is 1. The molecule has 3 rings (SSSR count). The largest absolute Gasteiger partial charge is 0.494 e. The fourth-order valence-corrected chi connectivity index (χ4v) is 3.31. The molecule has 0 saturated carbocycles. The van der Waals surface area contributed by atoms with Crippen LogP contribution < -0.4 is 10.1 Å². The Bertz CT molecular complexity index is 937. The van der Waals surface area contributed by atoms with E-state index in [4.69, 9.17) is 4.74 Å². The minimum Gasteiger partial charge on any atom is -0.494 e. The highest BCUT2D eigenvalue weighted by molar-refractivity contribution is 6.22. The second-order valence-corrected chi connectivity index (χ2v) is 6.89. The predicted octanol–water partition coefficient (Wildman–Crippen LogP) is 4.51. The van der Waals surface area contributed by atoms with E-state index in [2.05, 4.69) is 5.32 Å². The Morgan fingerprint density at radius 1 is 1.10 bits per heavy atom. The number of alkyl halides is 3. The summed E-state index contributed by atoms with van der Waals surface area (Å²) in [5, 5.41) is 12.2. The summed E-state index contributed by atoms with van der Waals surface area (Å²) in [6.45, 7) is -0.0537. The Morgan fingerprint density at radius 2 is 1.77 bits per heavy atom. The first-order valence-electron chi connectivity index (χ1n) is 9.37. The van der Waals surface area contributed by atoms with Crippen LogP contribution in [0.2, 0.25) is 0 Å².